The molecule has 0 radical (unpaired) electrons. The molecule has 1 N–H and O–H groups in total. The molecule has 0 atom stereocenters. The van der Waals surface area contributed by atoms with Crippen molar-refractivity contribution in [2.24, 2.45) is 0 Å². The summed E-state index contributed by atoms with van der Waals surface area (Å²) in [6.07, 6.45) is 16.2. The van der Waals surface area contributed by atoms with Gasteiger partial charge in [-0.15, -0.1) is 0 Å². The normalized spacial score (nSPS) is 10.5. The van der Waals surface area contributed by atoms with Gasteiger partial charge in [-0.1, -0.05) is 51.5 Å². The van der Waals surface area contributed by atoms with Crippen molar-refractivity contribution in [3.05, 3.63) is 30.1 Å². The summed E-state index contributed by atoms with van der Waals surface area (Å²) >= 11 is 0. The van der Waals surface area contributed by atoms with Gasteiger partial charge in [0.1, 0.15) is 6.54 Å². The molecule has 0 aliphatic heterocycles. The van der Waals surface area contributed by atoms with Crippen molar-refractivity contribution in [2.45, 2.75) is 84.1 Å². The molecule has 2 nitrogen and oxygen atoms in total. The fourth-order valence-corrected chi connectivity index (χ4v) is 2.79. The van der Waals surface area contributed by atoms with Crippen molar-refractivity contribution >= 4 is 0 Å². The summed E-state index contributed by atoms with van der Waals surface area (Å²) in [5, 5.41) is 8.80. The Bertz CT molecular complexity index is 357. The number of aliphatic hydroxyl groups excluding tert-OH is 1. The molecule has 1 aromatic rings. The van der Waals surface area contributed by atoms with Gasteiger partial charge in [0.05, 0.1) is 0 Å². The van der Waals surface area contributed by atoms with Gasteiger partial charge in [-0.3, -0.25) is 0 Å². The Balaban J connectivity index is 0.00000441. The maximum atomic E-state index is 8.80. The second-order valence-electron chi connectivity index (χ2n) is 6.04. The third kappa shape index (κ3) is 10.3. The van der Waals surface area contributed by atoms with Gasteiger partial charge in [0.2, 0.25) is 0 Å². The molecule has 128 valence electrons. The van der Waals surface area contributed by atoms with Crippen LogP contribution in [-0.4, -0.2) is 11.7 Å². The highest BCUT2D eigenvalue weighted by atomic mass is 79.9. The van der Waals surface area contributed by atoms with Crippen LogP contribution in [0.4, 0.5) is 0 Å². The monoisotopic (exact) mass is 371 g/mol. The van der Waals surface area contributed by atoms with E-state index < -0.39 is 0 Å². The lowest BCUT2D eigenvalue weighted by Gasteiger charge is -2.04. The summed E-state index contributed by atoms with van der Waals surface area (Å²) in [7, 11) is 0. The van der Waals surface area contributed by atoms with Crippen LogP contribution in [0.25, 0.3) is 0 Å². The summed E-state index contributed by atoms with van der Waals surface area (Å²) in [6, 6.07) is 6.58. The average Bonchev–Trinajstić information content (AvgIpc) is 2.52. The number of aryl methyl sites for hydroxylation is 2. The first-order chi connectivity index (χ1) is 10.4. The largest absolute Gasteiger partial charge is 1.00 e. The van der Waals surface area contributed by atoms with Crippen molar-refractivity contribution in [3.8, 4) is 0 Å². The fraction of sp³-hybridized carbons (Fsp3) is 0.737. The van der Waals surface area contributed by atoms with Gasteiger partial charge in [0.15, 0.2) is 11.9 Å². The third-order valence-corrected chi connectivity index (χ3v) is 4.13. The van der Waals surface area contributed by atoms with Crippen molar-refractivity contribution < 1.29 is 26.7 Å². The predicted molar refractivity (Wildman–Crippen MR) is 89.3 cm³/mol. The van der Waals surface area contributed by atoms with E-state index in [4.69, 9.17) is 5.11 Å². The minimum Gasteiger partial charge on any atom is -1.00 e. The lowest BCUT2D eigenvalue weighted by molar-refractivity contribution is -0.704. The summed E-state index contributed by atoms with van der Waals surface area (Å²) in [6.45, 7) is 3.73. The van der Waals surface area contributed by atoms with Crippen molar-refractivity contribution in [1.29, 1.82) is 0 Å². The van der Waals surface area contributed by atoms with Crippen LogP contribution in [0.2, 0.25) is 0 Å². The van der Waals surface area contributed by atoms with E-state index in [1.807, 2.05) is 0 Å². The first kappa shape index (κ1) is 21.6. The molecule has 0 aliphatic rings. The lowest BCUT2D eigenvalue weighted by atomic mass is 10.1. The van der Waals surface area contributed by atoms with E-state index in [-0.39, 0.29) is 17.0 Å². The molecule has 0 fully saturated rings. The molecule has 3 heteroatoms. The number of aromatic nitrogens is 1. The number of pyridine rings is 1. The highest BCUT2D eigenvalue weighted by Gasteiger charge is 2.08. The van der Waals surface area contributed by atoms with Gasteiger partial charge < -0.3 is 22.1 Å². The molecule has 1 rings (SSSR count). The Kier molecular flexibility index (Phi) is 15.2. The zero-order valence-corrected chi connectivity index (χ0v) is 15.9. The van der Waals surface area contributed by atoms with E-state index in [0.29, 0.717) is 6.61 Å². The second-order valence-corrected chi connectivity index (χ2v) is 6.04. The van der Waals surface area contributed by atoms with Crippen LogP contribution in [-0.2, 0) is 13.0 Å². The highest BCUT2D eigenvalue weighted by Crippen LogP contribution is 2.08. The quantitative estimate of drug-likeness (QED) is 0.411. The summed E-state index contributed by atoms with van der Waals surface area (Å²) in [5.74, 6) is 0. The maximum Gasteiger partial charge on any atom is 0.181 e. The van der Waals surface area contributed by atoms with E-state index in [1.165, 1.54) is 63.5 Å². The Labute approximate surface area is 147 Å². The van der Waals surface area contributed by atoms with Crippen LogP contribution < -0.4 is 21.5 Å². The second kappa shape index (κ2) is 15.5. The molecule has 0 unspecified atom stereocenters. The SMILES string of the molecule is CCCCCCCCc1cccc[n+]1CCCCCCO.[Br-]. The Hall–Kier alpha value is -0.410. The van der Waals surface area contributed by atoms with E-state index >= 15 is 0 Å². The number of unbranched alkanes of at least 4 members (excludes halogenated alkanes) is 8. The zero-order chi connectivity index (χ0) is 15.2. The van der Waals surface area contributed by atoms with E-state index in [2.05, 4.69) is 35.9 Å². The first-order valence-corrected chi connectivity index (χ1v) is 8.96. The smallest absolute Gasteiger partial charge is 0.181 e. The highest BCUT2D eigenvalue weighted by molar-refractivity contribution is 4.97. The van der Waals surface area contributed by atoms with Crippen LogP contribution in [0, 0.1) is 0 Å². The number of hydrogen-bond donors (Lipinski definition) is 1. The van der Waals surface area contributed by atoms with Crippen LogP contribution in [0.15, 0.2) is 24.4 Å². The van der Waals surface area contributed by atoms with Crippen molar-refractivity contribution in [3.63, 3.8) is 0 Å². The molecule has 1 aromatic heterocycles. The maximum absolute atomic E-state index is 8.80. The van der Waals surface area contributed by atoms with Gasteiger partial charge in [-0.05, 0) is 19.3 Å². The Morgan fingerprint density at radius 3 is 2.32 bits per heavy atom. The Morgan fingerprint density at radius 2 is 1.55 bits per heavy atom. The number of halogens is 1. The van der Waals surface area contributed by atoms with E-state index in [1.54, 1.807) is 0 Å². The van der Waals surface area contributed by atoms with Gasteiger partial charge in [-0.25, -0.2) is 4.57 Å². The number of nitrogens with zero attached hydrogens (tertiary/aromatic N) is 1. The molecular weight excluding hydrogens is 338 g/mol. The molecule has 0 bridgehead atoms. The van der Waals surface area contributed by atoms with Crippen LogP contribution >= 0.6 is 0 Å². The van der Waals surface area contributed by atoms with Crippen molar-refractivity contribution in [2.75, 3.05) is 6.61 Å². The summed E-state index contributed by atoms with van der Waals surface area (Å²) < 4.78 is 2.42. The van der Waals surface area contributed by atoms with Gasteiger partial charge in [-0.2, -0.15) is 0 Å². The van der Waals surface area contributed by atoms with Crippen LogP contribution in [0.5, 0.6) is 0 Å². The lowest BCUT2D eigenvalue weighted by Crippen LogP contribution is -3.00. The molecular formula is C19H34BrNO. The van der Waals surface area contributed by atoms with E-state index in [9.17, 15) is 0 Å². The number of hydrogen-bond acceptors (Lipinski definition) is 1. The summed E-state index contributed by atoms with van der Waals surface area (Å²) in [5.41, 5.74) is 1.48. The molecule has 1 heterocycles. The van der Waals surface area contributed by atoms with Gasteiger partial charge in [0, 0.05) is 31.6 Å². The molecule has 0 saturated carbocycles. The fourth-order valence-electron chi connectivity index (χ4n) is 2.79. The van der Waals surface area contributed by atoms with Gasteiger partial charge >= 0.3 is 0 Å². The Morgan fingerprint density at radius 1 is 0.864 bits per heavy atom. The average molecular weight is 372 g/mol. The minimum atomic E-state index is 0. The van der Waals surface area contributed by atoms with Crippen molar-refractivity contribution in [1.82, 2.24) is 0 Å². The van der Waals surface area contributed by atoms with Crippen LogP contribution in [0.3, 0.4) is 0 Å². The van der Waals surface area contributed by atoms with Crippen LogP contribution in [0.1, 0.15) is 76.8 Å². The molecule has 0 aromatic carbocycles. The molecule has 0 amide bonds. The topological polar surface area (TPSA) is 24.1 Å². The predicted octanol–water partition coefficient (Wildman–Crippen LogP) is 1.43. The van der Waals surface area contributed by atoms with Gasteiger partial charge in [0.25, 0.3) is 0 Å². The molecule has 0 saturated heterocycles. The first-order valence-electron chi connectivity index (χ1n) is 8.96. The number of rotatable bonds is 13. The molecule has 0 aliphatic carbocycles. The molecule has 0 spiro atoms. The third-order valence-electron chi connectivity index (χ3n) is 4.13. The standard InChI is InChI=1S/C19H34NO.BrH/c1-2-3-4-5-6-9-14-19-15-10-12-17-20(19)16-11-7-8-13-18-21;/h10,12,15,17,21H,2-9,11,13-14,16,18H2,1H3;1H/q+1;/p-1. The minimum absolute atomic E-state index is 0. The summed E-state index contributed by atoms with van der Waals surface area (Å²) in [4.78, 5) is 0. The number of aliphatic hydroxyl groups is 1. The molecule has 22 heavy (non-hydrogen) atoms. The zero-order valence-electron chi connectivity index (χ0n) is 14.3. The van der Waals surface area contributed by atoms with E-state index in [0.717, 1.165) is 19.4 Å².